The first-order valence-electron chi connectivity index (χ1n) is 8.10. The Balaban J connectivity index is 2.01. The lowest BCUT2D eigenvalue weighted by atomic mass is 10.2. The standard InChI is InChI=1S/C17H19NO7S2/c1-12-8-13(19)10-14(9-12)25-27(22,23)16-5-3-2-4-15(16)26(20,21)17-11-18-6-7-24-17/h2-5,8-10,17-19H,6-7,11H2,1H3. The fourth-order valence-electron chi connectivity index (χ4n) is 2.72. The van der Waals surface area contributed by atoms with Gasteiger partial charge < -0.3 is 19.3 Å². The first-order valence-corrected chi connectivity index (χ1v) is 11.1. The number of phenols is 1. The quantitative estimate of drug-likeness (QED) is 0.702. The number of phenolic OH excluding ortho intramolecular Hbond substituents is 1. The molecule has 10 heteroatoms. The zero-order valence-electron chi connectivity index (χ0n) is 14.5. The minimum atomic E-state index is -4.47. The highest BCUT2D eigenvalue weighted by molar-refractivity contribution is 7.93. The summed E-state index contributed by atoms with van der Waals surface area (Å²) in [5, 5.41) is 12.5. The summed E-state index contributed by atoms with van der Waals surface area (Å²) in [5.41, 5.74) is -0.603. The van der Waals surface area contributed by atoms with Crippen LogP contribution in [-0.2, 0) is 24.7 Å². The maximum absolute atomic E-state index is 12.9. The first-order chi connectivity index (χ1) is 12.7. The second kappa shape index (κ2) is 7.47. The predicted octanol–water partition coefficient (Wildman–Crippen LogP) is 1.19. The largest absolute Gasteiger partial charge is 0.508 e. The van der Waals surface area contributed by atoms with Crippen molar-refractivity contribution in [2.24, 2.45) is 0 Å². The molecule has 27 heavy (non-hydrogen) atoms. The van der Waals surface area contributed by atoms with Crippen molar-refractivity contribution in [3.8, 4) is 11.5 Å². The summed E-state index contributed by atoms with van der Waals surface area (Å²) < 4.78 is 61.6. The van der Waals surface area contributed by atoms with Gasteiger partial charge in [-0.15, -0.1) is 0 Å². The fourth-order valence-corrected chi connectivity index (χ4v) is 5.89. The van der Waals surface area contributed by atoms with Gasteiger partial charge in [0.25, 0.3) is 0 Å². The van der Waals surface area contributed by atoms with E-state index in [-0.39, 0.29) is 24.7 Å². The molecule has 8 nitrogen and oxygen atoms in total. The summed E-state index contributed by atoms with van der Waals surface area (Å²) in [5.74, 6) is -0.280. The molecule has 0 aromatic heterocycles. The van der Waals surface area contributed by atoms with E-state index in [0.29, 0.717) is 12.1 Å². The summed E-state index contributed by atoms with van der Waals surface area (Å²) in [4.78, 5) is -0.879. The number of morpholine rings is 1. The van der Waals surface area contributed by atoms with Gasteiger partial charge in [0, 0.05) is 19.2 Å². The van der Waals surface area contributed by atoms with Crippen molar-refractivity contribution in [3.05, 3.63) is 48.0 Å². The summed E-state index contributed by atoms with van der Waals surface area (Å²) in [6, 6.07) is 9.19. The molecule has 1 heterocycles. The number of aryl methyl sites for hydroxylation is 1. The minimum absolute atomic E-state index is 0.0589. The SMILES string of the molecule is Cc1cc(O)cc(OS(=O)(=O)c2ccccc2S(=O)(=O)C2CNCCO2)c1. The molecule has 1 unspecified atom stereocenters. The monoisotopic (exact) mass is 413 g/mol. The van der Waals surface area contributed by atoms with Crippen molar-refractivity contribution >= 4 is 20.0 Å². The summed E-state index contributed by atoms with van der Waals surface area (Å²) in [6.07, 6.45) is 0. The summed E-state index contributed by atoms with van der Waals surface area (Å²) in [7, 11) is -8.54. The number of rotatable bonds is 5. The molecule has 0 aliphatic carbocycles. The van der Waals surface area contributed by atoms with Gasteiger partial charge in [-0.1, -0.05) is 12.1 Å². The normalized spacial score (nSPS) is 18.2. The molecule has 0 saturated carbocycles. The molecule has 2 aromatic carbocycles. The van der Waals surface area contributed by atoms with Crippen LogP contribution in [0.2, 0.25) is 0 Å². The van der Waals surface area contributed by atoms with Gasteiger partial charge in [-0.2, -0.15) is 8.42 Å². The molecule has 1 aliphatic heterocycles. The molecule has 0 radical (unpaired) electrons. The zero-order valence-corrected chi connectivity index (χ0v) is 16.1. The zero-order chi connectivity index (χ0) is 19.7. The maximum atomic E-state index is 12.9. The average molecular weight is 413 g/mol. The molecular formula is C17H19NO7S2. The maximum Gasteiger partial charge on any atom is 0.340 e. The van der Waals surface area contributed by atoms with Crippen LogP contribution >= 0.6 is 0 Å². The van der Waals surface area contributed by atoms with Crippen molar-refractivity contribution < 1.29 is 30.9 Å². The van der Waals surface area contributed by atoms with E-state index in [4.69, 9.17) is 8.92 Å². The van der Waals surface area contributed by atoms with Crippen LogP contribution in [0.4, 0.5) is 0 Å². The Labute approximate surface area is 157 Å². The van der Waals surface area contributed by atoms with Crippen molar-refractivity contribution in [2.75, 3.05) is 19.7 Å². The molecule has 0 amide bonds. The molecule has 1 fully saturated rings. The molecule has 1 saturated heterocycles. The lowest BCUT2D eigenvalue weighted by molar-refractivity contribution is 0.0784. The number of nitrogens with one attached hydrogen (secondary N) is 1. The van der Waals surface area contributed by atoms with Crippen molar-refractivity contribution in [1.82, 2.24) is 5.32 Å². The smallest absolute Gasteiger partial charge is 0.340 e. The van der Waals surface area contributed by atoms with Gasteiger partial charge in [0.05, 0.1) is 11.5 Å². The highest BCUT2D eigenvalue weighted by atomic mass is 32.2. The van der Waals surface area contributed by atoms with Crippen molar-refractivity contribution in [3.63, 3.8) is 0 Å². The Morgan fingerprint density at radius 1 is 1.11 bits per heavy atom. The Morgan fingerprint density at radius 3 is 2.44 bits per heavy atom. The molecule has 0 spiro atoms. The van der Waals surface area contributed by atoms with Crippen LogP contribution in [-0.4, -0.2) is 47.1 Å². The highest BCUT2D eigenvalue weighted by Crippen LogP contribution is 2.29. The second-order valence-electron chi connectivity index (χ2n) is 6.04. The Morgan fingerprint density at radius 2 is 1.81 bits per heavy atom. The van der Waals surface area contributed by atoms with Crippen LogP contribution < -0.4 is 9.50 Å². The summed E-state index contributed by atoms with van der Waals surface area (Å²) >= 11 is 0. The minimum Gasteiger partial charge on any atom is -0.508 e. The predicted molar refractivity (Wildman–Crippen MR) is 96.9 cm³/mol. The van der Waals surface area contributed by atoms with Crippen LogP contribution in [0.5, 0.6) is 11.5 Å². The lowest BCUT2D eigenvalue weighted by Crippen LogP contribution is -2.43. The Bertz CT molecular complexity index is 1020. The first kappa shape index (κ1) is 19.6. The fraction of sp³-hybridized carbons (Fsp3) is 0.294. The molecule has 1 aliphatic rings. The van der Waals surface area contributed by atoms with Gasteiger partial charge in [-0.3, -0.25) is 0 Å². The van der Waals surface area contributed by atoms with Gasteiger partial charge in [0.2, 0.25) is 9.84 Å². The Kier molecular flexibility index (Phi) is 5.43. The van der Waals surface area contributed by atoms with Crippen LogP contribution in [0.25, 0.3) is 0 Å². The van der Waals surface area contributed by atoms with E-state index in [1.165, 1.54) is 30.3 Å². The lowest BCUT2D eigenvalue weighted by Gasteiger charge is -2.24. The molecule has 3 rings (SSSR count). The molecule has 1 atom stereocenters. The van der Waals surface area contributed by atoms with E-state index < -0.39 is 35.2 Å². The van der Waals surface area contributed by atoms with Gasteiger partial charge in [-0.25, -0.2) is 8.42 Å². The van der Waals surface area contributed by atoms with Crippen LogP contribution in [0.15, 0.2) is 52.3 Å². The Hall–Kier alpha value is -2.14. The van der Waals surface area contributed by atoms with Gasteiger partial charge >= 0.3 is 10.1 Å². The van der Waals surface area contributed by atoms with Gasteiger partial charge in [-0.05, 0) is 36.8 Å². The van der Waals surface area contributed by atoms with E-state index in [1.807, 2.05) is 0 Å². The number of hydrogen-bond donors (Lipinski definition) is 2. The third-order valence-corrected chi connectivity index (χ3v) is 7.31. The molecule has 2 aromatic rings. The molecule has 2 N–H and O–H groups in total. The third-order valence-electron chi connectivity index (χ3n) is 3.91. The van der Waals surface area contributed by atoms with Crippen LogP contribution in [0, 0.1) is 6.92 Å². The average Bonchev–Trinajstić information content (AvgIpc) is 2.61. The van der Waals surface area contributed by atoms with Gasteiger partial charge in [0.15, 0.2) is 5.44 Å². The van der Waals surface area contributed by atoms with E-state index in [0.717, 1.165) is 12.1 Å². The van der Waals surface area contributed by atoms with E-state index in [2.05, 4.69) is 5.32 Å². The highest BCUT2D eigenvalue weighted by Gasteiger charge is 2.35. The van der Waals surface area contributed by atoms with Crippen LogP contribution in [0.1, 0.15) is 5.56 Å². The molecule has 0 bridgehead atoms. The molecular weight excluding hydrogens is 394 g/mol. The second-order valence-corrected chi connectivity index (χ2v) is 9.61. The van der Waals surface area contributed by atoms with Crippen molar-refractivity contribution in [1.29, 1.82) is 0 Å². The van der Waals surface area contributed by atoms with Crippen LogP contribution in [0.3, 0.4) is 0 Å². The number of sulfone groups is 1. The van der Waals surface area contributed by atoms with Gasteiger partial charge in [0.1, 0.15) is 16.4 Å². The van der Waals surface area contributed by atoms with E-state index in [1.54, 1.807) is 6.92 Å². The third kappa shape index (κ3) is 4.24. The number of hydrogen-bond acceptors (Lipinski definition) is 8. The van der Waals surface area contributed by atoms with Crippen molar-refractivity contribution in [2.45, 2.75) is 22.2 Å². The topological polar surface area (TPSA) is 119 Å². The number of benzene rings is 2. The summed E-state index contributed by atoms with van der Waals surface area (Å²) in [6.45, 7) is 2.44. The number of ether oxygens (including phenoxy) is 1. The number of aromatic hydroxyl groups is 1. The van der Waals surface area contributed by atoms with E-state index >= 15 is 0 Å². The molecule has 146 valence electrons. The van der Waals surface area contributed by atoms with E-state index in [9.17, 15) is 21.9 Å².